The predicted octanol–water partition coefficient (Wildman–Crippen LogP) is 0.198. The lowest BCUT2D eigenvalue weighted by Gasteiger charge is -2.36. The number of halogens is 1. The van der Waals surface area contributed by atoms with Crippen molar-refractivity contribution in [3.8, 4) is 0 Å². The number of carbonyl (C=O) groups excluding carboxylic acids is 1. The van der Waals surface area contributed by atoms with Crippen molar-refractivity contribution < 1.29 is 4.79 Å². The van der Waals surface area contributed by atoms with Gasteiger partial charge in [-0.15, -0.1) is 0 Å². The van der Waals surface area contributed by atoms with Gasteiger partial charge in [-0.2, -0.15) is 5.53 Å². The fraction of sp³-hybridized carbons (Fsp3) is 0.353. The first-order chi connectivity index (χ1) is 13.2. The number of benzene rings is 1. The van der Waals surface area contributed by atoms with Gasteiger partial charge in [-0.05, 0) is 24.3 Å². The molecule has 2 aliphatic heterocycles. The van der Waals surface area contributed by atoms with E-state index in [2.05, 4.69) is 36.6 Å². The van der Waals surface area contributed by atoms with Gasteiger partial charge in [0.15, 0.2) is 0 Å². The number of hydrogen-bond acceptors (Lipinski definition) is 8. The van der Waals surface area contributed by atoms with Gasteiger partial charge in [0.05, 0.1) is 0 Å². The fourth-order valence-electron chi connectivity index (χ4n) is 3.22. The van der Waals surface area contributed by atoms with Crippen LogP contribution in [0.2, 0.25) is 5.02 Å². The monoisotopic (exact) mass is 388 g/mol. The van der Waals surface area contributed by atoms with Gasteiger partial charge in [-0.3, -0.25) is 4.79 Å². The lowest BCUT2D eigenvalue weighted by atomic mass is 10.1. The molecule has 0 aliphatic carbocycles. The van der Waals surface area contributed by atoms with Crippen LogP contribution in [0.25, 0.3) is 0 Å². The number of rotatable bonds is 4. The summed E-state index contributed by atoms with van der Waals surface area (Å²) in [6.07, 6.45) is 3.16. The van der Waals surface area contributed by atoms with Gasteiger partial charge < -0.3 is 15.1 Å². The molecule has 2 unspecified atom stereocenters. The zero-order valence-corrected chi connectivity index (χ0v) is 15.4. The third-order valence-corrected chi connectivity index (χ3v) is 4.86. The van der Waals surface area contributed by atoms with Crippen LogP contribution in [-0.2, 0) is 4.79 Å². The van der Waals surface area contributed by atoms with Gasteiger partial charge >= 0.3 is 0 Å². The summed E-state index contributed by atoms with van der Waals surface area (Å²) in [7, 11) is 0. The van der Waals surface area contributed by atoms with Gasteiger partial charge in [0.1, 0.15) is 12.2 Å². The Labute approximate surface area is 162 Å². The second kappa shape index (κ2) is 8.05. The van der Waals surface area contributed by atoms with Crippen LogP contribution in [-0.4, -0.2) is 59.2 Å². The summed E-state index contributed by atoms with van der Waals surface area (Å²) in [6.45, 7) is 2.66. The molecule has 4 N–H and O–H groups in total. The van der Waals surface area contributed by atoms with E-state index in [0.29, 0.717) is 37.1 Å². The Balaban J connectivity index is 1.36. The summed E-state index contributed by atoms with van der Waals surface area (Å²) in [5.41, 5.74) is 9.71. The summed E-state index contributed by atoms with van der Waals surface area (Å²) in [5.74, 6) is 0.730. The summed E-state index contributed by atoms with van der Waals surface area (Å²) >= 11 is 6.03. The normalized spacial score (nSPS) is 22.7. The highest BCUT2D eigenvalue weighted by atomic mass is 35.5. The highest BCUT2D eigenvalue weighted by Gasteiger charge is 2.36. The molecule has 10 heteroatoms. The lowest BCUT2D eigenvalue weighted by molar-refractivity contribution is -0.133. The smallest absolute Gasteiger partial charge is 0.244 e. The van der Waals surface area contributed by atoms with Gasteiger partial charge in [-0.25, -0.2) is 20.8 Å². The van der Waals surface area contributed by atoms with E-state index in [-0.39, 0.29) is 12.1 Å². The van der Waals surface area contributed by atoms with E-state index < -0.39 is 6.04 Å². The van der Waals surface area contributed by atoms with E-state index in [1.165, 1.54) is 0 Å². The number of hydrazine groups is 2. The van der Waals surface area contributed by atoms with E-state index in [1.807, 2.05) is 29.2 Å². The number of aromatic nitrogens is 2. The summed E-state index contributed by atoms with van der Waals surface area (Å²) in [4.78, 5) is 25.5. The first kappa shape index (κ1) is 17.9. The SMILES string of the molecule is O=C(C1NNNC1Nc1cccc(Cl)c1)N1CCN(c2ncccn2)CC1. The molecule has 142 valence electrons. The minimum Gasteiger partial charge on any atom is -0.367 e. The maximum Gasteiger partial charge on any atom is 0.244 e. The molecule has 1 amide bonds. The highest BCUT2D eigenvalue weighted by Crippen LogP contribution is 2.17. The molecule has 9 nitrogen and oxygen atoms in total. The van der Waals surface area contributed by atoms with Crippen molar-refractivity contribution in [3.05, 3.63) is 47.7 Å². The second-order valence-corrected chi connectivity index (χ2v) is 6.82. The van der Waals surface area contributed by atoms with Crippen molar-refractivity contribution in [1.29, 1.82) is 0 Å². The van der Waals surface area contributed by atoms with Crippen LogP contribution in [0.4, 0.5) is 11.6 Å². The molecule has 2 fully saturated rings. The number of hydrogen-bond donors (Lipinski definition) is 4. The molecular formula is C17H21ClN8O. The molecular weight excluding hydrogens is 368 g/mol. The van der Waals surface area contributed by atoms with Crippen LogP contribution >= 0.6 is 11.6 Å². The number of carbonyl (C=O) groups is 1. The Morgan fingerprint density at radius 3 is 2.63 bits per heavy atom. The summed E-state index contributed by atoms with van der Waals surface area (Å²) < 4.78 is 0. The Kier molecular flexibility index (Phi) is 5.35. The Hall–Kier alpha value is -2.46. The van der Waals surface area contributed by atoms with Crippen molar-refractivity contribution in [2.24, 2.45) is 0 Å². The zero-order valence-electron chi connectivity index (χ0n) is 14.6. The molecule has 2 saturated heterocycles. The zero-order chi connectivity index (χ0) is 18.6. The molecule has 1 aromatic heterocycles. The van der Waals surface area contributed by atoms with Crippen LogP contribution < -0.4 is 26.6 Å². The maximum absolute atomic E-state index is 13.0. The minimum absolute atomic E-state index is 0.0284. The topological polar surface area (TPSA) is 97.4 Å². The van der Waals surface area contributed by atoms with Crippen molar-refractivity contribution >= 4 is 29.1 Å². The number of nitrogens with one attached hydrogen (secondary N) is 4. The quantitative estimate of drug-likeness (QED) is 0.589. The Bertz CT molecular complexity index is 784. The Morgan fingerprint density at radius 2 is 1.89 bits per heavy atom. The molecule has 27 heavy (non-hydrogen) atoms. The molecule has 1 aromatic carbocycles. The van der Waals surface area contributed by atoms with E-state index in [0.717, 1.165) is 5.69 Å². The largest absolute Gasteiger partial charge is 0.367 e. The van der Waals surface area contributed by atoms with E-state index in [9.17, 15) is 4.79 Å². The van der Waals surface area contributed by atoms with Gasteiger partial charge in [-0.1, -0.05) is 17.7 Å². The lowest BCUT2D eigenvalue weighted by Crippen LogP contribution is -2.57. The highest BCUT2D eigenvalue weighted by molar-refractivity contribution is 6.30. The van der Waals surface area contributed by atoms with Gasteiger partial charge in [0.2, 0.25) is 11.9 Å². The van der Waals surface area contributed by atoms with E-state index in [1.54, 1.807) is 18.5 Å². The number of anilines is 2. The first-order valence-corrected chi connectivity index (χ1v) is 9.17. The molecule has 0 bridgehead atoms. The summed E-state index contributed by atoms with van der Waals surface area (Å²) in [5, 5.41) is 3.93. The van der Waals surface area contributed by atoms with Gasteiger partial charge in [0.25, 0.3) is 0 Å². The van der Waals surface area contributed by atoms with Crippen molar-refractivity contribution in [2.45, 2.75) is 12.2 Å². The average Bonchev–Trinajstić information content (AvgIpc) is 3.16. The minimum atomic E-state index is -0.441. The predicted molar refractivity (Wildman–Crippen MR) is 103 cm³/mol. The van der Waals surface area contributed by atoms with Crippen LogP contribution in [0.3, 0.4) is 0 Å². The molecule has 3 heterocycles. The van der Waals surface area contributed by atoms with E-state index in [4.69, 9.17) is 11.6 Å². The number of nitrogens with zero attached hydrogens (tertiary/aromatic N) is 4. The third kappa shape index (κ3) is 4.11. The average molecular weight is 389 g/mol. The van der Waals surface area contributed by atoms with Crippen LogP contribution in [0.5, 0.6) is 0 Å². The van der Waals surface area contributed by atoms with Crippen LogP contribution in [0.1, 0.15) is 0 Å². The van der Waals surface area contributed by atoms with Crippen molar-refractivity contribution in [1.82, 2.24) is 31.3 Å². The maximum atomic E-state index is 13.0. The van der Waals surface area contributed by atoms with E-state index >= 15 is 0 Å². The van der Waals surface area contributed by atoms with Crippen molar-refractivity contribution in [3.63, 3.8) is 0 Å². The molecule has 2 aliphatic rings. The first-order valence-electron chi connectivity index (χ1n) is 8.79. The number of amides is 1. The molecule has 0 spiro atoms. The summed E-state index contributed by atoms with van der Waals surface area (Å²) in [6, 6.07) is 8.76. The fourth-order valence-corrected chi connectivity index (χ4v) is 3.41. The van der Waals surface area contributed by atoms with Crippen LogP contribution in [0, 0.1) is 0 Å². The molecule has 0 saturated carbocycles. The third-order valence-electron chi connectivity index (χ3n) is 4.63. The Morgan fingerprint density at radius 1 is 1.11 bits per heavy atom. The van der Waals surface area contributed by atoms with Crippen LogP contribution in [0.15, 0.2) is 42.7 Å². The molecule has 4 rings (SSSR count). The standard InChI is InChI=1S/C17H21ClN8O/c18-12-3-1-4-13(11-12)21-15-14(22-24-23-15)16(27)25-7-9-26(10-8-25)17-19-5-2-6-20-17/h1-6,11,14-15,21-24H,7-10H2. The van der Waals surface area contributed by atoms with Crippen molar-refractivity contribution in [2.75, 3.05) is 36.4 Å². The molecule has 0 radical (unpaired) electrons. The molecule has 2 aromatic rings. The second-order valence-electron chi connectivity index (χ2n) is 6.38. The number of piperazine rings is 1. The van der Waals surface area contributed by atoms with Gasteiger partial charge in [0, 0.05) is 49.3 Å². The molecule has 2 atom stereocenters.